The summed E-state index contributed by atoms with van der Waals surface area (Å²) >= 11 is 0. The molecule has 0 fully saturated rings. The van der Waals surface area contributed by atoms with Crippen LogP contribution in [0.15, 0.2) is 30.3 Å². The van der Waals surface area contributed by atoms with Crippen LogP contribution in [-0.4, -0.2) is 38.1 Å². The molecule has 0 spiro atoms. The highest BCUT2D eigenvalue weighted by Crippen LogP contribution is 2.13. The third-order valence-corrected chi connectivity index (χ3v) is 2.03. The monoisotopic (exact) mass is 207 g/mol. The van der Waals surface area contributed by atoms with E-state index in [2.05, 4.69) is 0 Å². The summed E-state index contributed by atoms with van der Waals surface area (Å²) in [6.07, 6.45) is 0. The summed E-state index contributed by atoms with van der Waals surface area (Å²) < 4.78 is 0. The highest BCUT2D eigenvalue weighted by atomic mass is 16.2. The number of benzene rings is 1. The maximum Gasteiger partial charge on any atom is 0.323 e. The van der Waals surface area contributed by atoms with Gasteiger partial charge in [0.2, 0.25) is 0 Å². The van der Waals surface area contributed by atoms with Crippen LogP contribution in [0.2, 0.25) is 0 Å². The van der Waals surface area contributed by atoms with E-state index in [1.54, 1.807) is 23.9 Å². The summed E-state index contributed by atoms with van der Waals surface area (Å²) in [5, 5.41) is 0. The molecule has 1 aromatic carbocycles. The Labute approximate surface area is 90.3 Å². The molecule has 0 aliphatic rings. The number of nitrogens with zero attached hydrogens (tertiary/aromatic N) is 2. The minimum absolute atomic E-state index is 0.0494. The lowest BCUT2D eigenvalue weighted by molar-refractivity contribution is 0.224. The number of anilines is 1. The quantitative estimate of drug-likeness (QED) is 0.807. The summed E-state index contributed by atoms with van der Waals surface area (Å²) in [6, 6.07) is 9.48. The molecule has 0 unspecified atom stereocenters. The zero-order valence-electron chi connectivity index (χ0n) is 9.18. The predicted octanol–water partition coefficient (Wildman–Crippen LogP) is 1.13. The van der Waals surface area contributed by atoms with Crippen molar-refractivity contribution in [3.8, 4) is 0 Å². The Morgan fingerprint density at radius 2 is 1.87 bits per heavy atom. The molecule has 0 aliphatic heterocycles. The maximum absolute atomic E-state index is 11.8. The molecule has 1 rings (SSSR count). The van der Waals surface area contributed by atoms with Crippen LogP contribution in [0.1, 0.15) is 0 Å². The normalized spacial score (nSPS) is 9.80. The van der Waals surface area contributed by atoms with Gasteiger partial charge in [-0.1, -0.05) is 18.2 Å². The van der Waals surface area contributed by atoms with Gasteiger partial charge in [-0.3, -0.25) is 4.90 Å². The van der Waals surface area contributed by atoms with Gasteiger partial charge in [0.05, 0.1) is 0 Å². The molecule has 4 nitrogen and oxygen atoms in total. The van der Waals surface area contributed by atoms with E-state index >= 15 is 0 Å². The van der Waals surface area contributed by atoms with Crippen molar-refractivity contribution in [2.75, 3.05) is 32.1 Å². The number of urea groups is 1. The average Bonchev–Trinajstić information content (AvgIpc) is 2.26. The van der Waals surface area contributed by atoms with E-state index < -0.39 is 0 Å². The Hall–Kier alpha value is -1.55. The molecule has 82 valence electrons. The Balaban J connectivity index is 2.88. The van der Waals surface area contributed by atoms with Crippen LogP contribution in [-0.2, 0) is 0 Å². The molecule has 0 aromatic heterocycles. The first-order chi connectivity index (χ1) is 7.16. The van der Waals surface area contributed by atoms with Crippen molar-refractivity contribution >= 4 is 11.7 Å². The molecule has 15 heavy (non-hydrogen) atoms. The van der Waals surface area contributed by atoms with Crippen molar-refractivity contribution in [2.24, 2.45) is 5.73 Å². The Kier molecular flexibility index (Phi) is 4.12. The first kappa shape index (κ1) is 11.5. The first-order valence-electron chi connectivity index (χ1n) is 4.90. The minimum Gasteiger partial charge on any atom is -0.330 e. The minimum atomic E-state index is -0.0494. The summed E-state index contributed by atoms with van der Waals surface area (Å²) in [5.41, 5.74) is 6.37. The molecule has 0 aliphatic carbocycles. The third kappa shape index (κ3) is 2.95. The van der Waals surface area contributed by atoms with Crippen LogP contribution in [0.3, 0.4) is 0 Å². The predicted molar refractivity (Wildman–Crippen MR) is 61.9 cm³/mol. The average molecular weight is 207 g/mol. The van der Waals surface area contributed by atoms with Gasteiger partial charge in [-0.25, -0.2) is 4.79 Å². The van der Waals surface area contributed by atoms with Gasteiger partial charge in [0.25, 0.3) is 0 Å². The highest BCUT2D eigenvalue weighted by Gasteiger charge is 2.15. The Morgan fingerprint density at radius 1 is 1.27 bits per heavy atom. The van der Waals surface area contributed by atoms with Gasteiger partial charge in [-0.2, -0.15) is 0 Å². The van der Waals surface area contributed by atoms with Gasteiger partial charge in [-0.05, 0) is 12.1 Å². The summed E-state index contributed by atoms with van der Waals surface area (Å²) in [4.78, 5) is 15.0. The van der Waals surface area contributed by atoms with Crippen molar-refractivity contribution in [3.63, 3.8) is 0 Å². The Morgan fingerprint density at radius 3 is 2.33 bits per heavy atom. The molecule has 2 N–H and O–H groups in total. The standard InChI is InChI=1S/C11H17N3O/c1-13(2)11(15)14(9-8-12)10-6-4-3-5-7-10/h3-7H,8-9,12H2,1-2H3. The van der Waals surface area contributed by atoms with Gasteiger partial charge in [0, 0.05) is 32.9 Å². The lowest BCUT2D eigenvalue weighted by atomic mass is 10.3. The van der Waals surface area contributed by atoms with E-state index in [1.165, 1.54) is 0 Å². The molecule has 4 heteroatoms. The molecule has 0 saturated carbocycles. The van der Waals surface area contributed by atoms with Crippen molar-refractivity contribution in [2.45, 2.75) is 0 Å². The SMILES string of the molecule is CN(C)C(=O)N(CCN)c1ccccc1. The van der Waals surface area contributed by atoms with Gasteiger partial charge in [-0.15, -0.1) is 0 Å². The van der Waals surface area contributed by atoms with Gasteiger partial charge in [0.1, 0.15) is 0 Å². The van der Waals surface area contributed by atoms with Crippen LogP contribution in [0.5, 0.6) is 0 Å². The molecule has 2 amide bonds. The lowest BCUT2D eigenvalue weighted by Gasteiger charge is -2.25. The number of para-hydroxylation sites is 1. The van der Waals surface area contributed by atoms with Crippen LogP contribution >= 0.6 is 0 Å². The fraction of sp³-hybridized carbons (Fsp3) is 0.364. The van der Waals surface area contributed by atoms with E-state index in [9.17, 15) is 4.79 Å². The van der Waals surface area contributed by atoms with Crippen LogP contribution in [0.4, 0.5) is 10.5 Å². The molecule has 0 heterocycles. The van der Waals surface area contributed by atoms with Crippen LogP contribution in [0.25, 0.3) is 0 Å². The molecule has 0 radical (unpaired) electrons. The van der Waals surface area contributed by atoms with Crippen molar-refractivity contribution < 1.29 is 4.79 Å². The molecular formula is C11H17N3O. The van der Waals surface area contributed by atoms with Crippen molar-refractivity contribution in [1.29, 1.82) is 0 Å². The summed E-state index contributed by atoms with van der Waals surface area (Å²) in [7, 11) is 3.46. The summed E-state index contributed by atoms with van der Waals surface area (Å²) in [5.74, 6) is 0. The largest absolute Gasteiger partial charge is 0.330 e. The number of hydrogen-bond donors (Lipinski definition) is 1. The molecule has 1 aromatic rings. The van der Waals surface area contributed by atoms with Gasteiger partial charge >= 0.3 is 6.03 Å². The number of carbonyl (C=O) groups excluding carboxylic acids is 1. The molecular weight excluding hydrogens is 190 g/mol. The van der Waals surface area contributed by atoms with Crippen LogP contribution in [0, 0.1) is 0 Å². The van der Waals surface area contributed by atoms with E-state index in [0.29, 0.717) is 13.1 Å². The van der Waals surface area contributed by atoms with Crippen molar-refractivity contribution in [1.82, 2.24) is 4.90 Å². The number of amides is 2. The van der Waals surface area contributed by atoms with E-state index in [0.717, 1.165) is 5.69 Å². The molecule has 0 saturated heterocycles. The van der Waals surface area contributed by atoms with E-state index in [4.69, 9.17) is 5.73 Å². The zero-order chi connectivity index (χ0) is 11.3. The fourth-order valence-corrected chi connectivity index (χ4v) is 1.31. The van der Waals surface area contributed by atoms with Gasteiger partial charge < -0.3 is 10.6 Å². The highest BCUT2D eigenvalue weighted by molar-refractivity contribution is 5.91. The number of rotatable bonds is 3. The second-order valence-corrected chi connectivity index (χ2v) is 3.45. The fourth-order valence-electron chi connectivity index (χ4n) is 1.31. The second-order valence-electron chi connectivity index (χ2n) is 3.45. The number of carbonyl (C=O) groups is 1. The van der Waals surface area contributed by atoms with Gasteiger partial charge in [0.15, 0.2) is 0 Å². The smallest absolute Gasteiger partial charge is 0.323 e. The topological polar surface area (TPSA) is 49.6 Å². The maximum atomic E-state index is 11.8. The zero-order valence-corrected chi connectivity index (χ0v) is 9.18. The summed E-state index contributed by atoms with van der Waals surface area (Å²) in [6.45, 7) is 0.982. The number of hydrogen-bond acceptors (Lipinski definition) is 2. The number of nitrogens with two attached hydrogens (primary N) is 1. The van der Waals surface area contributed by atoms with Crippen molar-refractivity contribution in [3.05, 3.63) is 30.3 Å². The van der Waals surface area contributed by atoms with Crippen LogP contribution < -0.4 is 10.6 Å². The Bertz CT molecular complexity index is 311. The molecule has 0 bridgehead atoms. The van der Waals surface area contributed by atoms with E-state index in [-0.39, 0.29) is 6.03 Å². The third-order valence-electron chi connectivity index (χ3n) is 2.03. The second kappa shape index (κ2) is 5.36. The lowest BCUT2D eigenvalue weighted by Crippen LogP contribution is -2.42. The first-order valence-corrected chi connectivity index (χ1v) is 4.90. The van der Waals surface area contributed by atoms with E-state index in [1.807, 2.05) is 30.3 Å². The molecule has 0 atom stereocenters.